The van der Waals surface area contributed by atoms with E-state index in [1.807, 2.05) is 49.4 Å². The van der Waals surface area contributed by atoms with Crippen molar-refractivity contribution in [1.29, 1.82) is 0 Å². The fourth-order valence-corrected chi connectivity index (χ4v) is 5.87. The van der Waals surface area contributed by atoms with Gasteiger partial charge in [-0.25, -0.2) is 8.42 Å². The lowest BCUT2D eigenvalue weighted by Crippen LogP contribution is -2.41. The van der Waals surface area contributed by atoms with Gasteiger partial charge in [-0.15, -0.1) is 0 Å². The number of carbonyl (C=O) groups excluding carboxylic acids is 1. The number of furan rings is 1. The van der Waals surface area contributed by atoms with Crippen molar-refractivity contribution in [2.75, 3.05) is 18.1 Å². The fourth-order valence-electron chi connectivity index (χ4n) is 4.14. The van der Waals surface area contributed by atoms with E-state index in [1.165, 1.54) is 0 Å². The van der Waals surface area contributed by atoms with Crippen molar-refractivity contribution in [3.8, 4) is 5.75 Å². The average molecular weight is 456 g/mol. The average Bonchev–Trinajstić information content (AvgIpc) is 3.33. The molecule has 1 atom stereocenters. The standard InChI is InChI=1S/C25H29NO5S/c1-3-11-30-22-7-5-19(6-8-22)15-26(21-10-12-32(28,29)17-21)25(27)14-20-16-31-24-13-18(2)4-9-23(20)24/h4-9,13,16,21H,3,10-12,14-15,17H2,1-2H3. The molecule has 7 heteroatoms. The van der Waals surface area contributed by atoms with E-state index in [4.69, 9.17) is 9.15 Å². The Bertz CT molecular complexity index is 1200. The molecule has 4 rings (SSSR count). The second-order valence-corrected chi connectivity index (χ2v) is 10.7. The zero-order valence-corrected chi connectivity index (χ0v) is 19.4. The number of hydrogen-bond donors (Lipinski definition) is 0. The molecule has 1 aliphatic rings. The van der Waals surface area contributed by atoms with Crippen LogP contribution < -0.4 is 4.74 Å². The highest BCUT2D eigenvalue weighted by Gasteiger charge is 2.34. The van der Waals surface area contributed by atoms with Crippen molar-refractivity contribution in [2.24, 2.45) is 0 Å². The summed E-state index contributed by atoms with van der Waals surface area (Å²) in [5, 5.41) is 0.917. The Balaban J connectivity index is 1.55. The third kappa shape index (κ3) is 5.15. The molecule has 0 bridgehead atoms. The first kappa shape index (κ1) is 22.4. The van der Waals surface area contributed by atoms with Gasteiger partial charge in [-0.05, 0) is 49.1 Å². The Kier molecular flexibility index (Phi) is 6.55. The quantitative estimate of drug-likeness (QED) is 0.506. The molecule has 170 valence electrons. The van der Waals surface area contributed by atoms with Gasteiger partial charge in [0.25, 0.3) is 0 Å². The Morgan fingerprint density at radius 1 is 1.19 bits per heavy atom. The molecule has 0 radical (unpaired) electrons. The first-order valence-electron chi connectivity index (χ1n) is 11.0. The lowest BCUT2D eigenvalue weighted by Gasteiger charge is -2.28. The lowest BCUT2D eigenvalue weighted by molar-refractivity contribution is -0.133. The zero-order chi connectivity index (χ0) is 22.7. The topological polar surface area (TPSA) is 76.8 Å². The maximum Gasteiger partial charge on any atom is 0.227 e. The third-order valence-corrected chi connectivity index (χ3v) is 7.62. The van der Waals surface area contributed by atoms with E-state index >= 15 is 0 Å². The third-order valence-electron chi connectivity index (χ3n) is 5.87. The van der Waals surface area contributed by atoms with Crippen LogP contribution in [0, 0.1) is 6.92 Å². The highest BCUT2D eigenvalue weighted by Crippen LogP contribution is 2.26. The molecule has 0 N–H and O–H groups in total. The molecule has 1 aliphatic heterocycles. The van der Waals surface area contributed by atoms with Gasteiger partial charge in [0.2, 0.25) is 5.91 Å². The molecule has 2 heterocycles. The molecule has 2 aromatic carbocycles. The van der Waals surface area contributed by atoms with Gasteiger partial charge < -0.3 is 14.1 Å². The molecule has 1 aromatic heterocycles. The first-order chi connectivity index (χ1) is 15.3. The number of nitrogens with zero attached hydrogens (tertiary/aromatic N) is 1. The Hall–Kier alpha value is -2.80. The van der Waals surface area contributed by atoms with Gasteiger partial charge in [0.1, 0.15) is 11.3 Å². The summed E-state index contributed by atoms with van der Waals surface area (Å²) in [5.74, 6) is 0.833. The number of fused-ring (bicyclic) bond motifs is 1. The molecule has 6 nitrogen and oxygen atoms in total. The van der Waals surface area contributed by atoms with Gasteiger partial charge >= 0.3 is 0 Å². The van der Waals surface area contributed by atoms with E-state index in [0.717, 1.165) is 39.8 Å². The van der Waals surface area contributed by atoms with Gasteiger partial charge in [0.15, 0.2) is 9.84 Å². The largest absolute Gasteiger partial charge is 0.494 e. The number of benzene rings is 2. The van der Waals surface area contributed by atoms with Gasteiger partial charge in [-0.1, -0.05) is 31.2 Å². The number of amides is 1. The van der Waals surface area contributed by atoms with Crippen molar-refractivity contribution in [3.63, 3.8) is 0 Å². The summed E-state index contributed by atoms with van der Waals surface area (Å²) < 4.78 is 35.5. The molecular weight excluding hydrogens is 426 g/mol. The van der Waals surface area contributed by atoms with Crippen molar-refractivity contribution in [1.82, 2.24) is 4.90 Å². The summed E-state index contributed by atoms with van der Waals surface area (Å²) in [6, 6.07) is 13.3. The Morgan fingerprint density at radius 3 is 2.66 bits per heavy atom. The molecule has 0 spiro atoms. The summed E-state index contributed by atoms with van der Waals surface area (Å²) in [4.78, 5) is 15.1. The molecular formula is C25H29NO5S. The van der Waals surface area contributed by atoms with Gasteiger partial charge in [0.05, 0.1) is 30.8 Å². The molecule has 0 saturated carbocycles. The molecule has 0 aliphatic carbocycles. The number of aryl methyl sites for hydroxylation is 1. The van der Waals surface area contributed by atoms with Crippen LogP contribution >= 0.6 is 0 Å². The Morgan fingerprint density at radius 2 is 1.97 bits per heavy atom. The number of carbonyl (C=O) groups is 1. The first-order valence-corrected chi connectivity index (χ1v) is 12.8. The van der Waals surface area contributed by atoms with Crippen LogP contribution in [0.5, 0.6) is 5.75 Å². The SMILES string of the molecule is CCCOc1ccc(CN(C(=O)Cc2coc3cc(C)ccc23)C2CCS(=O)(=O)C2)cc1. The second kappa shape index (κ2) is 9.36. The van der Waals surface area contributed by atoms with Crippen LogP contribution in [0.2, 0.25) is 0 Å². The van der Waals surface area contributed by atoms with Crippen molar-refractivity contribution < 1.29 is 22.4 Å². The van der Waals surface area contributed by atoms with Crippen LogP contribution in [0.4, 0.5) is 0 Å². The number of hydrogen-bond acceptors (Lipinski definition) is 5. The number of ether oxygens (including phenoxy) is 1. The lowest BCUT2D eigenvalue weighted by atomic mass is 10.1. The molecule has 3 aromatic rings. The normalized spacial score (nSPS) is 17.5. The summed E-state index contributed by atoms with van der Waals surface area (Å²) in [7, 11) is -3.12. The van der Waals surface area contributed by atoms with Gasteiger partial charge in [-0.3, -0.25) is 4.79 Å². The molecule has 32 heavy (non-hydrogen) atoms. The maximum absolute atomic E-state index is 13.4. The van der Waals surface area contributed by atoms with E-state index in [2.05, 4.69) is 6.92 Å². The maximum atomic E-state index is 13.4. The summed E-state index contributed by atoms with van der Waals surface area (Å²) >= 11 is 0. The van der Waals surface area contributed by atoms with Crippen LogP contribution in [-0.2, 0) is 27.6 Å². The summed E-state index contributed by atoms with van der Waals surface area (Å²) in [6.07, 6.45) is 3.20. The summed E-state index contributed by atoms with van der Waals surface area (Å²) in [5.41, 5.74) is 3.61. The van der Waals surface area contributed by atoms with Crippen LogP contribution in [-0.4, -0.2) is 43.4 Å². The minimum atomic E-state index is -3.12. The molecule has 1 amide bonds. The van der Waals surface area contributed by atoms with Crippen molar-refractivity contribution in [3.05, 3.63) is 65.4 Å². The van der Waals surface area contributed by atoms with Crippen LogP contribution in [0.25, 0.3) is 11.0 Å². The smallest absolute Gasteiger partial charge is 0.227 e. The predicted molar refractivity (Wildman–Crippen MR) is 124 cm³/mol. The van der Waals surface area contributed by atoms with E-state index in [-0.39, 0.29) is 29.9 Å². The minimum Gasteiger partial charge on any atom is -0.494 e. The number of rotatable bonds is 8. The van der Waals surface area contributed by atoms with Gasteiger partial charge in [0, 0.05) is 23.5 Å². The second-order valence-electron chi connectivity index (χ2n) is 8.51. The van der Waals surface area contributed by atoms with E-state index in [0.29, 0.717) is 19.6 Å². The van der Waals surface area contributed by atoms with Gasteiger partial charge in [-0.2, -0.15) is 0 Å². The fraction of sp³-hybridized carbons (Fsp3) is 0.400. The highest BCUT2D eigenvalue weighted by molar-refractivity contribution is 7.91. The monoisotopic (exact) mass is 455 g/mol. The van der Waals surface area contributed by atoms with Crippen LogP contribution in [0.3, 0.4) is 0 Å². The number of sulfone groups is 1. The summed E-state index contributed by atoms with van der Waals surface area (Å²) in [6.45, 7) is 5.07. The van der Waals surface area contributed by atoms with Crippen LogP contribution in [0.15, 0.2) is 53.1 Å². The van der Waals surface area contributed by atoms with E-state index in [9.17, 15) is 13.2 Å². The Labute approximate surface area is 189 Å². The van der Waals surface area contributed by atoms with E-state index < -0.39 is 9.84 Å². The minimum absolute atomic E-state index is 0.0156. The van der Waals surface area contributed by atoms with Crippen molar-refractivity contribution >= 4 is 26.7 Å². The predicted octanol–water partition coefficient (Wildman–Crippen LogP) is 4.29. The molecule has 1 fully saturated rings. The van der Waals surface area contributed by atoms with Crippen LogP contribution in [0.1, 0.15) is 36.5 Å². The zero-order valence-electron chi connectivity index (χ0n) is 18.5. The highest BCUT2D eigenvalue weighted by atomic mass is 32.2. The molecule has 1 saturated heterocycles. The molecule has 1 unspecified atom stereocenters. The van der Waals surface area contributed by atoms with E-state index in [1.54, 1.807) is 11.2 Å². The van der Waals surface area contributed by atoms with Crippen molar-refractivity contribution in [2.45, 2.75) is 45.7 Å².